The number of allylic oxidation sites excluding steroid dienone is 1. The van der Waals surface area contributed by atoms with Crippen LogP contribution in [0.25, 0.3) is 0 Å². The number of aromatic nitrogens is 1. The summed E-state index contributed by atoms with van der Waals surface area (Å²) in [5, 5.41) is 2.96. The van der Waals surface area contributed by atoms with Crippen LogP contribution in [-0.4, -0.2) is 17.4 Å². The van der Waals surface area contributed by atoms with Crippen molar-refractivity contribution in [1.29, 1.82) is 0 Å². The first-order chi connectivity index (χ1) is 8.27. The van der Waals surface area contributed by atoms with Crippen LogP contribution in [0.2, 0.25) is 0 Å². The van der Waals surface area contributed by atoms with Crippen LogP contribution in [0.1, 0.15) is 47.5 Å². The van der Waals surface area contributed by atoms with Gasteiger partial charge in [0.15, 0.2) is 0 Å². The van der Waals surface area contributed by atoms with Crippen LogP contribution in [0, 0.1) is 6.92 Å². The summed E-state index contributed by atoms with van der Waals surface area (Å²) in [5.41, 5.74) is 4.04. The molecule has 0 saturated carbocycles. The predicted molar refractivity (Wildman–Crippen MR) is 70.4 cm³/mol. The molecule has 0 radical (unpaired) electrons. The van der Waals surface area contributed by atoms with Gasteiger partial charge < -0.3 is 5.32 Å². The summed E-state index contributed by atoms with van der Waals surface area (Å²) in [5.74, 6) is 0.0152. The molecule has 92 valence electrons. The van der Waals surface area contributed by atoms with E-state index in [0.29, 0.717) is 0 Å². The average molecular weight is 250 g/mol. The van der Waals surface area contributed by atoms with Crippen LogP contribution < -0.4 is 5.32 Å². The zero-order chi connectivity index (χ0) is 12.1. The van der Waals surface area contributed by atoms with Gasteiger partial charge in [-0.3, -0.25) is 4.79 Å². The fourth-order valence-corrected chi connectivity index (χ4v) is 2.79. The molecule has 0 aliphatic heterocycles. The van der Waals surface area contributed by atoms with Crippen LogP contribution in [0.4, 0.5) is 0 Å². The third kappa shape index (κ3) is 3.40. The Bertz CT molecular complexity index is 423. The SMILES string of the molecule is Cc1ncsc1C(=O)NCCC1=CCCCC1. The summed E-state index contributed by atoms with van der Waals surface area (Å²) >= 11 is 1.41. The Morgan fingerprint density at radius 3 is 3.06 bits per heavy atom. The lowest BCUT2D eigenvalue weighted by molar-refractivity contribution is 0.0957. The number of nitrogens with zero attached hydrogens (tertiary/aromatic N) is 1. The van der Waals surface area contributed by atoms with Crippen molar-refractivity contribution in [2.24, 2.45) is 0 Å². The minimum Gasteiger partial charge on any atom is -0.351 e. The highest BCUT2D eigenvalue weighted by Gasteiger charge is 2.11. The molecule has 17 heavy (non-hydrogen) atoms. The van der Waals surface area contributed by atoms with E-state index in [0.717, 1.165) is 23.5 Å². The molecule has 1 N–H and O–H groups in total. The Morgan fingerprint density at radius 2 is 2.41 bits per heavy atom. The highest BCUT2D eigenvalue weighted by Crippen LogP contribution is 2.19. The number of hydrogen-bond donors (Lipinski definition) is 1. The van der Waals surface area contributed by atoms with Crippen molar-refractivity contribution in [3.05, 3.63) is 27.7 Å². The Hall–Kier alpha value is -1.16. The fourth-order valence-electron chi connectivity index (χ4n) is 2.07. The molecule has 0 saturated heterocycles. The highest BCUT2D eigenvalue weighted by molar-refractivity contribution is 7.11. The molecule has 1 aromatic heterocycles. The number of hydrogen-bond acceptors (Lipinski definition) is 3. The van der Waals surface area contributed by atoms with Crippen molar-refractivity contribution in [2.75, 3.05) is 6.54 Å². The van der Waals surface area contributed by atoms with Gasteiger partial charge in [0.05, 0.1) is 11.2 Å². The lowest BCUT2D eigenvalue weighted by atomic mass is 9.97. The summed E-state index contributed by atoms with van der Waals surface area (Å²) < 4.78 is 0. The van der Waals surface area contributed by atoms with E-state index in [9.17, 15) is 4.79 Å². The van der Waals surface area contributed by atoms with E-state index in [4.69, 9.17) is 0 Å². The van der Waals surface area contributed by atoms with Gasteiger partial charge in [0.2, 0.25) is 0 Å². The number of thiazole rings is 1. The lowest BCUT2D eigenvalue weighted by Crippen LogP contribution is -2.24. The summed E-state index contributed by atoms with van der Waals surface area (Å²) in [4.78, 5) is 16.6. The van der Waals surface area contributed by atoms with E-state index < -0.39 is 0 Å². The first kappa shape index (κ1) is 12.3. The third-order valence-corrected chi connectivity index (χ3v) is 4.00. The van der Waals surface area contributed by atoms with Crippen LogP contribution in [-0.2, 0) is 0 Å². The smallest absolute Gasteiger partial charge is 0.263 e. The lowest BCUT2D eigenvalue weighted by Gasteiger charge is -2.12. The Morgan fingerprint density at radius 1 is 1.53 bits per heavy atom. The van der Waals surface area contributed by atoms with E-state index in [-0.39, 0.29) is 5.91 Å². The van der Waals surface area contributed by atoms with Gasteiger partial charge in [0, 0.05) is 6.54 Å². The van der Waals surface area contributed by atoms with Gasteiger partial charge in [-0.25, -0.2) is 4.98 Å². The molecule has 0 unspecified atom stereocenters. The third-order valence-electron chi connectivity index (χ3n) is 3.07. The molecular weight excluding hydrogens is 232 g/mol. The van der Waals surface area contributed by atoms with Gasteiger partial charge in [0.25, 0.3) is 5.91 Å². The van der Waals surface area contributed by atoms with Crippen LogP contribution in [0.3, 0.4) is 0 Å². The maximum Gasteiger partial charge on any atom is 0.263 e. The zero-order valence-electron chi connectivity index (χ0n) is 10.2. The molecule has 1 aliphatic rings. The Labute approximate surface area is 106 Å². The second-order valence-corrected chi connectivity index (χ2v) is 5.24. The van der Waals surface area contributed by atoms with Crippen molar-refractivity contribution in [1.82, 2.24) is 10.3 Å². The second kappa shape index (κ2) is 5.96. The van der Waals surface area contributed by atoms with E-state index in [1.165, 1.54) is 42.6 Å². The molecule has 3 nitrogen and oxygen atoms in total. The number of nitrogens with one attached hydrogen (secondary N) is 1. The van der Waals surface area contributed by atoms with E-state index in [2.05, 4.69) is 16.4 Å². The van der Waals surface area contributed by atoms with Crippen LogP contribution in [0.15, 0.2) is 17.2 Å². The minimum atomic E-state index is 0.0152. The topological polar surface area (TPSA) is 42.0 Å². The fraction of sp³-hybridized carbons (Fsp3) is 0.538. The van der Waals surface area contributed by atoms with Crippen molar-refractivity contribution in [2.45, 2.75) is 39.0 Å². The molecule has 4 heteroatoms. The summed E-state index contributed by atoms with van der Waals surface area (Å²) in [7, 11) is 0. The molecule has 2 rings (SSSR count). The average Bonchev–Trinajstić information content (AvgIpc) is 2.77. The number of rotatable bonds is 4. The molecule has 0 aromatic carbocycles. The molecule has 1 aromatic rings. The molecule has 1 amide bonds. The standard InChI is InChI=1S/C13H18N2OS/c1-10-12(17-9-15-10)13(16)14-8-7-11-5-3-2-4-6-11/h5,9H,2-4,6-8H2,1H3,(H,14,16). The quantitative estimate of drug-likeness (QED) is 0.834. The van der Waals surface area contributed by atoms with Gasteiger partial charge in [-0.2, -0.15) is 0 Å². The normalized spacial score (nSPS) is 15.5. The second-order valence-electron chi connectivity index (χ2n) is 4.38. The van der Waals surface area contributed by atoms with Gasteiger partial charge in [-0.15, -0.1) is 11.3 Å². The molecule has 1 aliphatic carbocycles. The van der Waals surface area contributed by atoms with Crippen molar-refractivity contribution >= 4 is 17.2 Å². The van der Waals surface area contributed by atoms with Crippen molar-refractivity contribution < 1.29 is 4.79 Å². The van der Waals surface area contributed by atoms with E-state index in [1.807, 2.05) is 6.92 Å². The van der Waals surface area contributed by atoms with Crippen LogP contribution in [0.5, 0.6) is 0 Å². The molecule has 1 heterocycles. The molecule has 0 atom stereocenters. The predicted octanol–water partition coefficient (Wildman–Crippen LogP) is 3.07. The molecular formula is C13H18N2OS. The van der Waals surface area contributed by atoms with Crippen molar-refractivity contribution in [3.63, 3.8) is 0 Å². The maximum atomic E-state index is 11.8. The number of carbonyl (C=O) groups excluding carboxylic acids is 1. The first-order valence-electron chi connectivity index (χ1n) is 6.13. The zero-order valence-corrected chi connectivity index (χ0v) is 11.0. The first-order valence-corrected chi connectivity index (χ1v) is 7.01. The molecule has 0 spiro atoms. The summed E-state index contributed by atoms with van der Waals surface area (Å²) in [6.07, 6.45) is 8.34. The maximum absolute atomic E-state index is 11.8. The van der Waals surface area contributed by atoms with Crippen molar-refractivity contribution in [3.8, 4) is 0 Å². The van der Waals surface area contributed by atoms with Gasteiger partial charge in [-0.1, -0.05) is 11.6 Å². The molecule has 0 bridgehead atoms. The largest absolute Gasteiger partial charge is 0.351 e. The summed E-state index contributed by atoms with van der Waals surface area (Å²) in [6.45, 7) is 2.61. The Kier molecular flexibility index (Phi) is 4.31. The molecule has 0 fully saturated rings. The van der Waals surface area contributed by atoms with Gasteiger partial charge >= 0.3 is 0 Å². The number of amides is 1. The van der Waals surface area contributed by atoms with E-state index >= 15 is 0 Å². The summed E-state index contributed by atoms with van der Waals surface area (Å²) in [6, 6.07) is 0. The highest BCUT2D eigenvalue weighted by atomic mass is 32.1. The van der Waals surface area contributed by atoms with Gasteiger partial charge in [0.1, 0.15) is 4.88 Å². The monoisotopic (exact) mass is 250 g/mol. The van der Waals surface area contributed by atoms with Crippen LogP contribution >= 0.6 is 11.3 Å². The van der Waals surface area contributed by atoms with E-state index in [1.54, 1.807) is 5.51 Å². The number of carbonyl (C=O) groups is 1. The van der Waals surface area contributed by atoms with Gasteiger partial charge in [-0.05, 0) is 39.0 Å². The number of aryl methyl sites for hydroxylation is 1. The minimum absolute atomic E-state index is 0.0152. The Balaban J connectivity index is 1.77.